The molecule has 0 amide bonds. The number of imidazole rings is 1. The smallest absolute Gasteiger partial charge is 0.201 e. The molecule has 1 aromatic carbocycles. The van der Waals surface area contributed by atoms with Crippen LogP contribution in [0.25, 0.3) is 11.0 Å². The van der Waals surface area contributed by atoms with E-state index >= 15 is 0 Å². The number of fused-ring (bicyclic) bond motifs is 1. The van der Waals surface area contributed by atoms with Crippen LogP contribution in [0.4, 0.5) is 14.7 Å². The highest BCUT2D eigenvalue weighted by atomic mass is 19.2. The summed E-state index contributed by atoms with van der Waals surface area (Å²) in [6, 6.07) is 2.60. The highest BCUT2D eigenvalue weighted by molar-refractivity contribution is 5.79. The van der Waals surface area contributed by atoms with Crippen LogP contribution in [0.5, 0.6) is 0 Å². The van der Waals surface area contributed by atoms with Gasteiger partial charge in [-0.1, -0.05) is 0 Å². The molecule has 1 atom stereocenters. The first-order valence-corrected chi connectivity index (χ1v) is 5.71. The Kier molecular flexibility index (Phi) is 2.11. The Morgan fingerprint density at radius 3 is 2.76 bits per heavy atom. The molecular formula is C12H13F2N3. The van der Waals surface area contributed by atoms with Crippen molar-refractivity contribution in [2.24, 2.45) is 5.92 Å². The zero-order valence-electron chi connectivity index (χ0n) is 9.45. The van der Waals surface area contributed by atoms with Gasteiger partial charge in [-0.15, -0.1) is 0 Å². The lowest BCUT2D eigenvalue weighted by molar-refractivity contribution is 0.480. The van der Waals surface area contributed by atoms with E-state index in [0.717, 1.165) is 18.9 Å². The van der Waals surface area contributed by atoms with E-state index in [1.54, 1.807) is 4.57 Å². The maximum atomic E-state index is 13.8. The average molecular weight is 237 g/mol. The fraction of sp³-hybridized carbons (Fsp3) is 0.417. The van der Waals surface area contributed by atoms with Gasteiger partial charge in [0.05, 0.1) is 5.52 Å². The van der Waals surface area contributed by atoms with Crippen LogP contribution in [0.15, 0.2) is 12.1 Å². The average Bonchev–Trinajstić information content (AvgIpc) is 3.07. The third-order valence-electron chi connectivity index (χ3n) is 3.48. The number of nitrogen functional groups attached to an aromatic ring is 1. The van der Waals surface area contributed by atoms with E-state index in [-0.39, 0.29) is 17.5 Å². The van der Waals surface area contributed by atoms with Gasteiger partial charge in [-0.3, -0.25) is 0 Å². The second kappa shape index (κ2) is 3.42. The van der Waals surface area contributed by atoms with Gasteiger partial charge >= 0.3 is 0 Å². The first-order valence-electron chi connectivity index (χ1n) is 5.71. The van der Waals surface area contributed by atoms with Crippen molar-refractivity contribution in [3.63, 3.8) is 0 Å². The van der Waals surface area contributed by atoms with Gasteiger partial charge in [0.25, 0.3) is 0 Å². The summed E-state index contributed by atoms with van der Waals surface area (Å²) < 4.78 is 28.7. The van der Waals surface area contributed by atoms with Gasteiger partial charge in [0, 0.05) is 6.04 Å². The zero-order valence-corrected chi connectivity index (χ0v) is 9.45. The van der Waals surface area contributed by atoms with Crippen LogP contribution in [-0.2, 0) is 0 Å². The van der Waals surface area contributed by atoms with E-state index in [9.17, 15) is 8.78 Å². The molecule has 17 heavy (non-hydrogen) atoms. The third kappa shape index (κ3) is 1.49. The molecule has 2 N–H and O–H groups in total. The summed E-state index contributed by atoms with van der Waals surface area (Å²) in [7, 11) is 0. The Balaban J connectivity index is 2.27. The van der Waals surface area contributed by atoms with Crippen LogP contribution in [0.3, 0.4) is 0 Å². The summed E-state index contributed by atoms with van der Waals surface area (Å²) in [5.74, 6) is -0.970. The first-order chi connectivity index (χ1) is 8.09. The number of hydrogen-bond donors (Lipinski definition) is 1. The van der Waals surface area contributed by atoms with Crippen molar-refractivity contribution in [3.8, 4) is 0 Å². The predicted molar refractivity (Wildman–Crippen MR) is 61.5 cm³/mol. The van der Waals surface area contributed by atoms with Gasteiger partial charge in [-0.25, -0.2) is 13.8 Å². The molecule has 2 aromatic rings. The topological polar surface area (TPSA) is 43.8 Å². The number of nitrogens with two attached hydrogens (primary N) is 1. The molecule has 1 aliphatic carbocycles. The van der Waals surface area contributed by atoms with Crippen LogP contribution in [-0.4, -0.2) is 9.55 Å². The number of rotatable bonds is 2. The van der Waals surface area contributed by atoms with Gasteiger partial charge in [0.1, 0.15) is 5.52 Å². The standard InChI is InChI=1S/C12H13F2N3/c1-6(7-2-3-7)17-11-9(16-12(17)15)5-4-8(13)10(11)14/h4-7H,2-3H2,1H3,(H2,15,16). The Morgan fingerprint density at radius 1 is 1.41 bits per heavy atom. The SMILES string of the molecule is CC(C1CC1)n1c(N)nc2ccc(F)c(F)c21. The molecule has 0 saturated heterocycles. The van der Waals surface area contributed by atoms with Gasteiger partial charge in [-0.2, -0.15) is 0 Å². The Morgan fingerprint density at radius 2 is 2.12 bits per heavy atom. The minimum absolute atomic E-state index is 0.0660. The Labute approximate surface area is 97.2 Å². The van der Waals surface area contributed by atoms with Gasteiger partial charge in [0.2, 0.25) is 5.95 Å². The Bertz CT molecular complexity index is 587. The van der Waals surface area contributed by atoms with Crippen LogP contribution >= 0.6 is 0 Å². The fourth-order valence-corrected chi connectivity index (χ4v) is 2.34. The van der Waals surface area contributed by atoms with E-state index in [0.29, 0.717) is 11.4 Å². The minimum atomic E-state index is -0.862. The van der Waals surface area contributed by atoms with Crippen molar-refractivity contribution < 1.29 is 8.78 Å². The van der Waals surface area contributed by atoms with Crippen molar-refractivity contribution in [3.05, 3.63) is 23.8 Å². The lowest BCUT2D eigenvalue weighted by Gasteiger charge is -2.15. The minimum Gasteiger partial charge on any atom is -0.369 e. The number of benzene rings is 1. The summed E-state index contributed by atoms with van der Waals surface area (Å²) in [5, 5.41) is 0. The van der Waals surface area contributed by atoms with Crippen molar-refractivity contribution in [1.82, 2.24) is 9.55 Å². The molecule has 5 heteroatoms. The second-order valence-electron chi connectivity index (χ2n) is 4.65. The summed E-state index contributed by atoms with van der Waals surface area (Å²) in [5.41, 5.74) is 6.39. The Hall–Kier alpha value is -1.65. The van der Waals surface area contributed by atoms with Gasteiger partial charge < -0.3 is 10.3 Å². The molecule has 1 aromatic heterocycles. The fourth-order valence-electron chi connectivity index (χ4n) is 2.34. The van der Waals surface area contributed by atoms with E-state index < -0.39 is 11.6 Å². The zero-order chi connectivity index (χ0) is 12.2. The lowest BCUT2D eigenvalue weighted by Crippen LogP contribution is -2.11. The molecule has 1 heterocycles. The number of aromatic nitrogens is 2. The quantitative estimate of drug-likeness (QED) is 0.872. The summed E-state index contributed by atoms with van der Waals surface area (Å²) in [6.07, 6.45) is 2.22. The molecule has 1 aliphatic rings. The molecule has 3 rings (SSSR count). The second-order valence-corrected chi connectivity index (χ2v) is 4.65. The number of hydrogen-bond acceptors (Lipinski definition) is 2. The van der Waals surface area contributed by atoms with Crippen LogP contribution in [0.2, 0.25) is 0 Å². The number of halogens is 2. The molecule has 1 unspecified atom stereocenters. The first kappa shape index (κ1) is 10.5. The highest BCUT2D eigenvalue weighted by Crippen LogP contribution is 2.42. The monoisotopic (exact) mass is 237 g/mol. The van der Waals surface area contributed by atoms with Crippen LogP contribution in [0, 0.1) is 17.6 Å². The summed E-state index contributed by atoms with van der Waals surface area (Å²) >= 11 is 0. The summed E-state index contributed by atoms with van der Waals surface area (Å²) in [6.45, 7) is 1.97. The largest absolute Gasteiger partial charge is 0.369 e. The third-order valence-corrected chi connectivity index (χ3v) is 3.48. The van der Waals surface area contributed by atoms with Crippen LogP contribution in [0.1, 0.15) is 25.8 Å². The molecule has 1 fully saturated rings. The summed E-state index contributed by atoms with van der Waals surface area (Å²) in [4.78, 5) is 4.08. The number of nitrogens with zero attached hydrogens (tertiary/aromatic N) is 2. The number of anilines is 1. The molecular weight excluding hydrogens is 224 g/mol. The lowest BCUT2D eigenvalue weighted by atomic mass is 10.2. The highest BCUT2D eigenvalue weighted by Gasteiger charge is 2.32. The van der Waals surface area contributed by atoms with E-state index in [1.165, 1.54) is 6.07 Å². The van der Waals surface area contributed by atoms with Gasteiger partial charge in [-0.05, 0) is 37.8 Å². The van der Waals surface area contributed by atoms with Crippen molar-refractivity contribution in [2.75, 3.05) is 5.73 Å². The van der Waals surface area contributed by atoms with Crippen molar-refractivity contribution in [1.29, 1.82) is 0 Å². The maximum absolute atomic E-state index is 13.8. The van der Waals surface area contributed by atoms with E-state index in [4.69, 9.17) is 5.73 Å². The van der Waals surface area contributed by atoms with Crippen molar-refractivity contribution in [2.45, 2.75) is 25.8 Å². The molecule has 3 nitrogen and oxygen atoms in total. The van der Waals surface area contributed by atoms with Crippen molar-refractivity contribution >= 4 is 17.0 Å². The van der Waals surface area contributed by atoms with E-state index in [1.807, 2.05) is 6.92 Å². The van der Waals surface area contributed by atoms with E-state index in [2.05, 4.69) is 4.98 Å². The maximum Gasteiger partial charge on any atom is 0.201 e. The molecule has 1 saturated carbocycles. The molecule has 90 valence electrons. The normalized spacial score (nSPS) is 17.6. The predicted octanol–water partition coefficient (Wildman–Crippen LogP) is 2.87. The molecule has 0 spiro atoms. The van der Waals surface area contributed by atoms with Gasteiger partial charge in [0.15, 0.2) is 11.6 Å². The molecule has 0 radical (unpaired) electrons. The molecule has 0 bridgehead atoms. The molecule has 0 aliphatic heterocycles. The van der Waals surface area contributed by atoms with Crippen LogP contribution < -0.4 is 5.73 Å².